The van der Waals surface area contributed by atoms with E-state index in [9.17, 15) is 22.2 Å². The van der Waals surface area contributed by atoms with Gasteiger partial charge in [-0.05, 0) is 36.1 Å². The van der Waals surface area contributed by atoms with E-state index in [0.717, 1.165) is 22.2 Å². The number of carbonyl (C=O) groups is 1. The summed E-state index contributed by atoms with van der Waals surface area (Å²) in [5.41, 5.74) is -0.699. The maximum Gasteiger partial charge on any atom is 0.427 e. The summed E-state index contributed by atoms with van der Waals surface area (Å²) in [5.74, 6) is -4.75. The Morgan fingerprint density at radius 2 is 1.74 bits per heavy atom. The Morgan fingerprint density at radius 3 is 2.24 bits per heavy atom. The first-order chi connectivity index (χ1) is 17.3. The highest BCUT2D eigenvalue weighted by atomic mass is 35.5. The van der Waals surface area contributed by atoms with Crippen LogP contribution in [0.2, 0.25) is 23.2 Å². The lowest BCUT2D eigenvalue weighted by Gasteiger charge is -2.46. The third-order valence-electron chi connectivity index (χ3n) is 6.57. The number of ether oxygens (including phenoxy) is 2. The van der Waals surface area contributed by atoms with E-state index in [1.165, 1.54) is 0 Å². The van der Waals surface area contributed by atoms with Gasteiger partial charge in [0.2, 0.25) is 0 Å². The van der Waals surface area contributed by atoms with Crippen LogP contribution in [0.4, 0.5) is 22.0 Å². The molecule has 1 aliphatic carbocycles. The fourth-order valence-corrected chi connectivity index (χ4v) is 10.2. The van der Waals surface area contributed by atoms with Crippen LogP contribution in [0.3, 0.4) is 0 Å². The largest absolute Gasteiger partial charge is 0.454 e. The van der Waals surface area contributed by atoms with Crippen molar-refractivity contribution in [2.45, 2.75) is 63.1 Å². The monoisotopic (exact) mass is 598 g/mol. The lowest BCUT2D eigenvalue weighted by molar-refractivity contribution is -0.186. The molecular formula is C24H28ClF5N2O4SSi. The van der Waals surface area contributed by atoms with E-state index in [0.29, 0.717) is 25.0 Å². The van der Waals surface area contributed by atoms with Gasteiger partial charge in [0.15, 0.2) is 26.5 Å². The van der Waals surface area contributed by atoms with Crippen molar-refractivity contribution in [1.29, 1.82) is 4.78 Å². The van der Waals surface area contributed by atoms with Gasteiger partial charge in [-0.2, -0.15) is 8.78 Å². The van der Waals surface area contributed by atoms with Gasteiger partial charge < -0.3 is 9.47 Å². The first-order valence-electron chi connectivity index (χ1n) is 11.5. The molecule has 3 rings (SSSR count). The van der Waals surface area contributed by atoms with E-state index in [1.54, 1.807) is 13.1 Å². The second-order valence-corrected chi connectivity index (χ2v) is 18.5. The summed E-state index contributed by atoms with van der Waals surface area (Å²) in [6, 6.07) is 4.20. The highest BCUT2D eigenvalue weighted by Crippen LogP contribution is 2.44. The van der Waals surface area contributed by atoms with Crippen molar-refractivity contribution in [1.82, 2.24) is 3.97 Å². The lowest BCUT2D eigenvalue weighted by atomic mass is 10.2. The summed E-state index contributed by atoms with van der Waals surface area (Å²) >= 11 is 5.86. The van der Waals surface area contributed by atoms with E-state index >= 15 is 8.78 Å². The summed E-state index contributed by atoms with van der Waals surface area (Å²) in [5, 5.41) is -1.47. The summed E-state index contributed by atoms with van der Waals surface area (Å²) < 4.78 is 101. The molecule has 6 nitrogen and oxygen atoms in total. The predicted octanol–water partition coefficient (Wildman–Crippen LogP) is 7.92. The second kappa shape index (κ2) is 10.3. The Kier molecular flexibility index (Phi) is 8.18. The molecule has 2 aromatic carbocycles. The van der Waals surface area contributed by atoms with Crippen molar-refractivity contribution in [3.05, 3.63) is 52.6 Å². The zero-order valence-corrected chi connectivity index (χ0v) is 23.9. The molecule has 1 aliphatic rings. The molecule has 1 atom stereocenters. The number of nitrogens with one attached hydrogen (secondary N) is 1. The van der Waals surface area contributed by atoms with Gasteiger partial charge >= 0.3 is 6.11 Å². The van der Waals surface area contributed by atoms with Crippen LogP contribution in [0.5, 0.6) is 17.2 Å². The van der Waals surface area contributed by atoms with Crippen molar-refractivity contribution in [3.63, 3.8) is 0 Å². The lowest BCUT2D eigenvalue weighted by Crippen LogP contribution is -2.60. The Labute approximate surface area is 224 Å². The van der Waals surface area contributed by atoms with Gasteiger partial charge in [-0.15, -0.1) is 0 Å². The molecule has 0 bridgehead atoms. The van der Waals surface area contributed by atoms with Crippen LogP contribution < -0.4 is 9.47 Å². The van der Waals surface area contributed by atoms with Gasteiger partial charge in [-0.1, -0.05) is 45.5 Å². The molecule has 38 heavy (non-hydrogen) atoms. The summed E-state index contributed by atoms with van der Waals surface area (Å²) in [7, 11) is -6.59. The number of hydrogen-bond acceptors (Lipinski definition) is 5. The molecule has 0 aliphatic heterocycles. The van der Waals surface area contributed by atoms with E-state index in [2.05, 4.69) is 4.74 Å². The van der Waals surface area contributed by atoms with Gasteiger partial charge in [0.25, 0.3) is 5.91 Å². The average Bonchev–Trinajstić information content (AvgIpc) is 3.63. The topological polar surface area (TPSA) is 79.7 Å². The van der Waals surface area contributed by atoms with E-state index in [-0.39, 0.29) is 5.75 Å². The molecule has 1 unspecified atom stereocenters. The minimum absolute atomic E-state index is 0.186. The van der Waals surface area contributed by atoms with Crippen molar-refractivity contribution in [2.24, 2.45) is 0 Å². The number of halogens is 6. The summed E-state index contributed by atoms with van der Waals surface area (Å²) in [6.45, 7) is 6.96. The Morgan fingerprint density at radius 1 is 1.13 bits per heavy atom. The molecular weight excluding hydrogens is 571 g/mol. The Hall–Kier alpha value is -2.38. The minimum atomic E-state index is -4.11. The number of hydrogen-bond donors (Lipinski definition) is 1. The van der Waals surface area contributed by atoms with Crippen LogP contribution >= 0.6 is 11.6 Å². The highest BCUT2D eigenvalue weighted by molar-refractivity contribution is 7.93. The van der Waals surface area contributed by atoms with Gasteiger partial charge in [0.05, 0.1) is 15.8 Å². The summed E-state index contributed by atoms with van der Waals surface area (Å²) in [6.07, 6.45) is -3.10. The van der Waals surface area contributed by atoms with Crippen molar-refractivity contribution >= 4 is 35.7 Å². The molecule has 210 valence electrons. The zero-order valence-electron chi connectivity index (χ0n) is 21.3. The zero-order chi connectivity index (χ0) is 28.8. The number of benzene rings is 2. The van der Waals surface area contributed by atoms with Crippen LogP contribution in [-0.4, -0.2) is 40.4 Å². The van der Waals surface area contributed by atoms with Crippen molar-refractivity contribution in [3.8, 4) is 17.2 Å². The third-order valence-corrected chi connectivity index (χ3v) is 16.0. The standard InChI is InChI=1S/C24H28ClF5N2O4SSi/c1-23(2,3)38(4,5)32(37(31,34)15-7-8-15)22(33)16-11-19(28)21(12-18(16)27)35-14-6-9-20(17(25)10-14)36-24(29,30)13-26/h6,9-12,15,31H,7-8,13H2,1-5H3. The van der Waals surface area contributed by atoms with Crippen LogP contribution in [0.1, 0.15) is 44.0 Å². The molecule has 1 N–H and O–H groups in total. The van der Waals surface area contributed by atoms with Gasteiger partial charge in [0, 0.05) is 12.1 Å². The van der Waals surface area contributed by atoms with E-state index < -0.39 is 80.8 Å². The quantitative estimate of drug-likeness (QED) is 0.235. The van der Waals surface area contributed by atoms with Crippen molar-refractivity contribution < 1.29 is 40.4 Å². The molecule has 0 aromatic heterocycles. The first-order valence-corrected chi connectivity index (χ1v) is 16.4. The number of amides is 1. The maximum atomic E-state index is 15.2. The first kappa shape index (κ1) is 30.2. The third kappa shape index (κ3) is 6.09. The molecule has 1 saturated carbocycles. The number of rotatable bonds is 9. The van der Waals surface area contributed by atoms with Gasteiger partial charge in [0.1, 0.15) is 27.2 Å². The minimum Gasteiger partial charge on any atom is -0.454 e. The molecule has 0 spiro atoms. The predicted molar refractivity (Wildman–Crippen MR) is 137 cm³/mol. The SMILES string of the molecule is CC(C)(C)[Si](C)(C)N(C(=O)c1cc(F)c(Oc2ccc(OC(F)(F)CF)c(Cl)c2)cc1F)S(=N)(=O)C1CC1. The van der Waals surface area contributed by atoms with Crippen LogP contribution in [0, 0.1) is 16.4 Å². The normalized spacial score (nSPS) is 16.1. The number of alkyl halides is 3. The molecule has 2 aromatic rings. The highest BCUT2D eigenvalue weighted by Gasteiger charge is 2.52. The Bertz CT molecular complexity index is 1350. The summed E-state index contributed by atoms with van der Waals surface area (Å²) in [4.78, 5) is 13.6. The molecule has 0 saturated heterocycles. The molecule has 0 heterocycles. The van der Waals surface area contributed by atoms with Crippen LogP contribution in [0.25, 0.3) is 0 Å². The molecule has 1 amide bonds. The molecule has 1 fully saturated rings. The van der Waals surface area contributed by atoms with E-state index in [4.69, 9.17) is 21.1 Å². The number of carbonyl (C=O) groups excluding carboxylic acids is 1. The van der Waals surface area contributed by atoms with Crippen molar-refractivity contribution in [2.75, 3.05) is 6.67 Å². The van der Waals surface area contributed by atoms with E-state index in [1.807, 2.05) is 20.8 Å². The molecule has 0 radical (unpaired) electrons. The van der Waals surface area contributed by atoms with Gasteiger partial charge in [-0.3, -0.25) is 8.77 Å². The van der Waals surface area contributed by atoms with Crippen LogP contribution in [0.15, 0.2) is 30.3 Å². The second-order valence-electron chi connectivity index (χ2n) is 10.5. The van der Waals surface area contributed by atoms with Crippen LogP contribution in [-0.2, 0) is 9.92 Å². The van der Waals surface area contributed by atoms with Gasteiger partial charge in [-0.25, -0.2) is 22.2 Å². The fourth-order valence-electron chi connectivity index (χ4n) is 3.38. The average molecular weight is 599 g/mol. The number of nitrogens with zero attached hydrogens (tertiary/aromatic N) is 1. The smallest absolute Gasteiger partial charge is 0.427 e. The molecule has 14 heteroatoms. The maximum absolute atomic E-state index is 15.2. The Balaban J connectivity index is 1.95. The fraction of sp³-hybridized carbons (Fsp3) is 0.458.